The second-order valence-electron chi connectivity index (χ2n) is 5.37. The third-order valence-corrected chi connectivity index (χ3v) is 5.00. The van der Waals surface area contributed by atoms with Gasteiger partial charge in [0.15, 0.2) is 0 Å². The Morgan fingerprint density at radius 1 is 1.11 bits per heavy atom. The largest absolute Gasteiger partial charge is 0.495 e. The first-order chi connectivity index (χ1) is 12.9. The summed E-state index contributed by atoms with van der Waals surface area (Å²) in [5, 5.41) is 0. The molecule has 1 N–H and O–H groups in total. The molecule has 0 aliphatic carbocycles. The lowest BCUT2D eigenvalue weighted by molar-refractivity contribution is 0.0485. The van der Waals surface area contributed by atoms with E-state index in [2.05, 4.69) is 4.72 Å². The minimum absolute atomic E-state index is 0.0835. The average Bonchev–Trinajstić information content (AvgIpc) is 2.68. The van der Waals surface area contributed by atoms with Crippen molar-refractivity contribution in [3.63, 3.8) is 0 Å². The standard InChI is InChI=1S/C18H20FNO6S/c1-20-27(22,23)17-12-13(4-9-16(17)24-2)18(21)26-11-3-10-25-15-7-5-14(19)6-8-15/h4-9,12,20H,3,10-11H2,1-2H3. The summed E-state index contributed by atoms with van der Waals surface area (Å²) in [5.41, 5.74) is 0.0871. The number of esters is 1. The number of methoxy groups -OCH3 is 1. The normalized spacial score (nSPS) is 11.1. The van der Waals surface area contributed by atoms with Crippen LogP contribution in [-0.2, 0) is 14.8 Å². The van der Waals surface area contributed by atoms with Gasteiger partial charge in [0.05, 0.1) is 25.9 Å². The molecule has 7 nitrogen and oxygen atoms in total. The first-order valence-electron chi connectivity index (χ1n) is 8.04. The zero-order chi connectivity index (χ0) is 19.9. The summed E-state index contributed by atoms with van der Waals surface area (Å²) in [5.74, 6) is -0.379. The molecular formula is C18H20FNO6S. The summed E-state index contributed by atoms with van der Waals surface area (Å²) >= 11 is 0. The van der Waals surface area contributed by atoms with Gasteiger partial charge in [0.1, 0.15) is 22.2 Å². The zero-order valence-electron chi connectivity index (χ0n) is 14.9. The molecule has 0 saturated heterocycles. The number of halogens is 1. The number of hydrogen-bond donors (Lipinski definition) is 1. The second-order valence-corrected chi connectivity index (χ2v) is 7.22. The van der Waals surface area contributed by atoms with E-state index in [4.69, 9.17) is 14.2 Å². The van der Waals surface area contributed by atoms with Crippen molar-refractivity contribution in [3.8, 4) is 11.5 Å². The molecule has 0 saturated carbocycles. The lowest BCUT2D eigenvalue weighted by Gasteiger charge is -2.11. The van der Waals surface area contributed by atoms with Gasteiger partial charge in [-0.25, -0.2) is 22.3 Å². The van der Waals surface area contributed by atoms with Crippen molar-refractivity contribution in [2.45, 2.75) is 11.3 Å². The van der Waals surface area contributed by atoms with E-state index in [1.807, 2.05) is 0 Å². The molecule has 146 valence electrons. The van der Waals surface area contributed by atoms with Crippen molar-refractivity contribution in [2.24, 2.45) is 0 Å². The average molecular weight is 397 g/mol. The first-order valence-corrected chi connectivity index (χ1v) is 9.53. The van der Waals surface area contributed by atoms with Crippen LogP contribution in [-0.4, -0.2) is 41.8 Å². The fourth-order valence-corrected chi connectivity index (χ4v) is 3.07. The van der Waals surface area contributed by atoms with E-state index in [0.717, 1.165) is 0 Å². The molecule has 0 aromatic heterocycles. The molecule has 0 spiro atoms. The Labute approximate surface area is 157 Å². The molecule has 27 heavy (non-hydrogen) atoms. The number of hydrogen-bond acceptors (Lipinski definition) is 6. The summed E-state index contributed by atoms with van der Waals surface area (Å²) in [6, 6.07) is 9.59. The minimum Gasteiger partial charge on any atom is -0.495 e. The number of benzene rings is 2. The van der Waals surface area contributed by atoms with Crippen molar-refractivity contribution in [1.82, 2.24) is 4.72 Å². The summed E-state index contributed by atoms with van der Waals surface area (Å²) < 4.78 is 54.6. The molecule has 0 fully saturated rings. The van der Waals surface area contributed by atoms with Gasteiger partial charge in [0.25, 0.3) is 0 Å². The van der Waals surface area contributed by atoms with Crippen LogP contribution in [0.15, 0.2) is 47.4 Å². The molecule has 0 heterocycles. The molecule has 2 aromatic carbocycles. The van der Waals surface area contributed by atoms with Crippen molar-refractivity contribution in [3.05, 3.63) is 53.8 Å². The van der Waals surface area contributed by atoms with Gasteiger partial charge < -0.3 is 14.2 Å². The molecule has 0 aliphatic rings. The summed E-state index contributed by atoms with van der Waals surface area (Å²) in [4.78, 5) is 12.0. The highest BCUT2D eigenvalue weighted by molar-refractivity contribution is 7.89. The molecule has 2 rings (SSSR count). The van der Waals surface area contributed by atoms with Crippen LogP contribution in [0, 0.1) is 5.82 Å². The quantitative estimate of drug-likeness (QED) is 0.516. The topological polar surface area (TPSA) is 90.9 Å². The van der Waals surface area contributed by atoms with Gasteiger partial charge >= 0.3 is 5.97 Å². The number of sulfonamides is 1. The van der Waals surface area contributed by atoms with Crippen LogP contribution in [0.2, 0.25) is 0 Å². The van der Waals surface area contributed by atoms with Gasteiger partial charge in [-0.05, 0) is 49.5 Å². The second kappa shape index (κ2) is 9.33. The van der Waals surface area contributed by atoms with Crippen molar-refractivity contribution in [1.29, 1.82) is 0 Å². The molecule has 0 amide bonds. The third kappa shape index (κ3) is 5.66. The van der Waals surface area contributed by atoms with Crippen molar-refractivity contribution < 1.29 is 31.8 Å². The van der Waals surface area contributed by atoms with E-state index in [1.165, 1.54) is 56.6 Å². The maximum absolute atomic E-state index is 12.8. The smallest absolute Gasteiger partial charge is 0.338 e. The van der Waals surface area contributed by atoms with E-state index in [-0.39, 0.29) is 35.2 Å². The lowest BCUT2D eigenvalue weighted by atomic mass is 10.2. The van der Waals surface area contributed by atoms with Gasteiger partial charge in [-0.15, -0.1) is 0 Å². The number of carbonyl (C=O) groups is 1. The van der Waals surface area contributed by atoms with E-state index in [1.54, 1.807) is 0 Å². The monoisotopic (exact) mass is 397 g/mol. The Balaban J connectivity index is 1.90. The molecule has 0 atom stereocenters. The van der Waals surface area contributed by atoms with Crippen LogP contribution in [0.1, 0.15) is 16.8 Å². The van der Waals surface area contributed by atoms with Crippen molar-refractivity contribution >= 4 is 16.0 Å². The van der Waals surface area contributed by atoms with Gasteiger partial charge in [0.2, 0.25) is 10.0 Å². The van der Waals surface area contributed by atoms with Gasteiger partial charge in [0, 0.05) is 6.42 Å². The fourth-order valence-electron chi connectivity index (χ4n) is 2.15. The number of rotatable bonds is 9. The maximum Gasteiger partial charge on any atom is 0.338 e. The summed E-state index contributed by atoms with van der Waals surface area (Å²) in [7, 11) is -1.19. The van der Waals surface area contributed by atoms with Crippen LogP contribution in [0.3, 0.4) is 0 Å². The van der Waals surface area contributed by atoms with Crippen LogP contribution < -0.4 is 14.2 Å². The van der Waals surface area contributed by atoms with Crippen LogP contribution in [0.4, 0.5) is 4.39 Å². The number of carbonyl (C=O) groups excluding carboxylic acids is 1. The van der Waals surface area contributed by atoms with Crippen LogP contribution in [0.25, 0.3) is 0 Å². The predicted octanol–water partition coefficient (Wildman–Crippen LogP) is 2.37. The molecule has 2 aromatic rings. The van der Waals surface area contributed by atoms with Crippen LogP contribution >= 0.6 is 0 Å². The Bertz CT molecular complexity index is 883. The van der Waals surface area contributed by atoms with Gasteiger partial charge in [-0.2, -0.15) is 0 Å². The molecule has 0 aliphatic heterocycles. The Morgan fingerprint density at radius 2 is 1.81 bits per heavy atom. The van der Waals surface area contributed by atoms with Gasteiger partial charge in [-0.3, -0.25) is 0 Å². The van der Waals surface area contributed by atoms with Crippen molar-refractivity contribution in [2.75, 3.05) is 27.4 Å². The van der Waals surface area contributed by atoms with Gasteiger partial charge in [-0.1, -0.05) is 0 Å². The highest BCUT2D eigenvalue weighted by Gasteiger charge is 2.20. The Morgan fingerprint density at radius 3 is 2.44 bits per heavy atom. The Hall–Kier alpha value is -2.65. The predicted molar refractivity (Wildman–Crippen MR) is 96.0 cm³/mol. The summed E-state index contributed by atoms with van der Waals surface area (Å²) in [6.07, 6.45) is 0.418. The summed E-state index contributed by atoms with van der Waals surface area (Å²) in [6.45, 7) is 0.362. The Kier molecular flexibility index (Phi) is 7.14. The number of ether oxygens (including phenoxy) is 3. The van der Waals surface area contributed by atoms with Crippen LogP contribution in [0.5, 0.6) is 11.5 Å². The first kappa shape index (κ1) is 20.7. The SMILES string of the molecule is CNS(=O)(=O)c1cc(C(=O)OCCCOc2ccc(F)cc2)ccc1OC. The maximum atomic E-state index is 12.8. The molecule has 0 unspecified atom stereocenters. The van der Waals surface area contributed by atoms with E-state index in [0.29, 0.717) is 12.2 Å². The van der Waals surface area contributed by atoms with E-state index < -0.39 is 16.0 Å². The molecular weight excluding hydrogens is 377 g/mol. The molecule has 0 radical (unpaired) electrons. The lowest BCUT2D eigenvalue weighted by Crippen LogP contribution is -2.20. The van der Waals surface area contributed by atoms with E-state index in [9.17, 15) is 17.6 Å². The molecule has 9 heteroatoms. The highest BCUT2D eigenvalue weighted by atomic mass is 32.2. The van der Waals surface area contributed by atoms with E-state index >= 15 is 0 Å². The minimum atomic E-state index is -3.79. The number of nitrogens with one attached hydrogen (secondary N) is 1. The third-order valence-electron chi connectivity index (χ3n) is 3.56. The molecule has 0 bridgehead atoms. The zero-order valence-corrected chi connectivity index (χ0v) is 15.7. The fraction of sp³-hybridized carbons (Fsp3) is 0.278. The highest BCUT2D eigenvalue weighted by Crippen LogP contribution is 2.25.